The number of benzene rings is 1. The molecule has 0 aliphatic carbocycles. The Morgan fingerprint density at radius 3 is 2.88 bits per heavy atom. The van der Waals surface area contributed by atoms with Crippen LogP contribution in [0.4, 0.5) is 0 Å². The standard InChI is InChI=1S/C14H18BrNS/c1-3-6-13(16-4-2)11-9-17-14-10(11)7-5-8-12(14)15/h5,7-9,13,16H,3-4,6H2,1-2H3. The highest BCUT2D eigenvalue weighted by molar-refractivity contribution is 9.10. The molecule has 3 heteroatoms. The average molecular weight is 312 g/mol. The van der Waals surface area contributed by atoms with Crippen LogP contribution in [0, 0.1) is 0 Å². The van der Waals surface area contributed by atoms with Crippen LogP contribution in [-0.2, 0) is 0 Å². The van der Waals surface area contributed by atoms with Gasteiger partial charge in [-0.3, -0.25) is 0 Å². The Kier molecular flexibility index (Phi) is 4.60. The number of hydrogen-bond donors (Lipinski definition) is 1. The average Bonchev–Trinajstić information content (AvgIpc) is 2.74. The minimum atomic E-state index is 0.494. The monoisotopic (exact) mass is 311 g/mol. The predicted octanol–water partition coefficient (Wildman–Crippen LogP) is 5.11. The predicted molar refractivity (Wildman–Crippen MR) is 80.9 cm³/mol. The summed E-state index contributed by atoms with van der Waals surface area (Å²) >= 11 is 5.46. The van der Waals surface area contributed by atoms with Gasteiger partial charge < -0.3 is 5.32 Å². The lowest BCUT2D eigenvalue weighted by Gasteiger charge is -2.16. The minimum Gasteiger partial charge on any atom is -0.310 e. The molecule has 0 aliphatic rings. The van der Waals surface area contributed by atoms with Crippen molar-refractivity contribution in [1.29, 1.82) is 0 Å². The molecule has 1 nitrogen and oxygen atoms in total. The number of hydrogen-bond acceptors (Lipinski definition) is 2. The highest BCUT2D eigenvalue weighted by Crippen LogP contribution is 2.36. The van der Waals surface area contributed by atoms with Crippen LogP contribution in [0.1, 0.15) is 38.3 Å². The van der Waals surface area contributed by atoms with E-state index in [4.69, 9.17) is 0 Å². The maximum absolute atomic E-state index is 3.63. The van der Waals surface area contributed by atoms with E-state index in [0.717, 1.165) is 6.54 Å². The molecule has 1 aromatic heterocycles. The molecule has 92 valence electrons. The Morgan fingerprint density at radius 2 is 2.18 bits per heavy atom. The summed E-state index contributed by atoms with van der Waals surface area (Å²) in [4.78, 5) is 0. The summed E-state index contributed by atoms with van der Waals surface area (Å²) in [7, 11) is 0. The maximum atomic E-state index is 3.63. The van der Waals surface area contributed by atoms with Crippen molar-refractivity contribution in [2.45, 2.75) is 32.7 Å². The molecule has 1 atom stereocenters. The van der Waals surface area contributed by atoms with E-state index in [-0.39, 0.29) is 0 Å². The van der Waals surface area contributed by atoms with E-state index in [1.807, 2.05) is 11.3 Å². The highest BCUT2D eigenvalue weighted by Gasteiger charge is 2.14. The molecule has 1 unspecified atom stereocenters. The molecular weight excluding hydrogens is 294 g/mol. The van der Waals surface area contributed by atoms with Gasteiger partial charge in [-0.05, 0) is 51.3 Å². The van der Waals surface area contributed by atoms with Gasteiger partial charge in [-0.1, -0.05) is 32.4 Å². The molecule has 0 spiro atoms. The lowest BCUT2D eigenvalue weighted by molar-refractivity contribution is 0.513. The van der Waals surface area contributed by atoms with Crippen molar-refractivity contribution in [2.24, 2.45) is 0 Å². The second kappa shape index (κ2) is 5.98. The smallest absolute Gasteiger partial charge is 0.0488 e. The highest BCUT2D eigenvalue weighted by atomic mass is 79.9. The molecule has 2 aromatic rings. The molecule has 0 saturated carbocycles. The summed E-state index contributed by atoms with van der Waals surface area (Å²) < 4.78 is 2.57. The van der Waals surface area contributed by atoms with Gasteiger partial charge in [-0.15, -0.1) is 11.3 Å². The van der Waals surface area contributed by atoms with Crippen LogP contribution in [0.2, 0.25) is 0 Å². The van der Waals surface area contributed by atoms with Gasteiger partial charge in [0, 0.05) is 15.2 Å². The fraction of sp³-hybridized carbons (Fsp3) is 0.429. The number of rotatable bonds is 5. The van der Waals surface area contributed by atoms with Gasteiger partial charge in [0.1, 0.15) is 0 Å². The van der Waals surface area contributed by atoms with E-state index in [0.29, 0.717) is 6.04 Å². The number of fused-ring (bicyclic) bond motifs is 1. The lowest BCUT2D eigenvalue weighted by Crippen LogP contribution is -2.20. The van der Waals surface area contributed by atoms with E-state index < -0.39 is 0 Å². The molecule has 0 aliphatic heterocycles. The molecule has 1 aromatic carbocycles. The van der Waals surface area contributed by atoms with E-state index in [2.05, 4.69) is 58.7 Å². The Bertz CT molecular complexity index is 486. The minimum absolute atomic E-state index is 0.494. The summed E-state index contributed by atoms with van der Waals surface area (Å²) in [5, 5.41) is 7.29. The third-order valence-corrected chi connectivity index (χ3v) is 4.96. The van der Waals surface area contributed by atoms with Crippen LogP contribution >= 0.6 is 27.3 Å². The SMILES string of the molecule is CCCC(NCC)c1csc2c(Br)cccc12. The van der Waals surface area contributed by atoms with Gasteiger partial charge in [0.2, 0.25) is 0 Å². The molecule has 2 rings (SSSR count). The number of halogens is 1. The van der Waals surface area contributed by atoms with Crippen molar-refractivity contribution in [1.82, 2.24) is 5.32 Å². The zero-order valence-electron chi connectivity index (χ0n) is 10.3. The summed E-state index contributed by atoms with van der Waals surface area (Å²) in [6.45, 7) is 5.44. The third-order valence-electron chi connectivity index (χ3n) is 2.99. The van der Waals surface area contributed by atoms with Gasteiger partial charge in [-0.25, -0.2) is 0 Å². The first kappa shape index (κ1) is 13.1. The van der Waals surface area contributed by atoms with Crippen LogP contribution in [0.5, 0.6) is 0 Å². The van der Waals surface area contributed by atoms with Crippen LogP contribution in [0.25, 0.3) is 10.1 Å². The van der Waals surface area contributed by atoms with Crippen molar-refractivity contribution in [3.8, 4) is 0 Å². The third kappa shape index (κ3) is 2.72. The molecule has 1 N–H and O–H groups in total. The first-order valence-electron chi connectivity index (χ1n) is 6.16. The van der Waals surface area contributed by atoms with Crippen LogP contribution in [0.3, 0.4) is 0 Å². The molecule has 0 radical (unpaired) electrons. The fourth-order valence-electron chi connectivity index (χ4n) is 2.21. The Morgan fingerprint density at radius 1 is 1.35 bits per heavy atom. The van der Waals surface area contributed by atoms with E-state index >= 15 is 0 Å². The van der Waals surface area contributed by atoms with E-state index in [1.54, 1.807) is 0 Å². The summed E-state index contributed by atoms with van der Waals surface area (Å²) in [6, 6.07) is 6.96. The van der Waals surface area contributed by atoms with Gasteiger partial charge in [0.15, 0.2) is 0 Å². The Labute approximate surface area is 115 Å². The van der Waals surface area contributed by atoms with E-state index in [1.165, 1.54) is 33.0 Å². The first-order chi connectivity index (χ1) is 8.27. The fourth-order valence-corrected chi connectivity index (χ4v) is 3.89. The zero-order chi connectivity index (χ0) is 12.3. The normalized spacial score (nSPS) is 13.1. The van der Waals surface area contributed by atoms with Crippen molar-refractivity contribution in [3.63, 3.8) is 0 Å². The van der Waals surface area contributed by atoms with Gasteiger partial charge in [-0.2, -0.15) is 0 Å². The maximum Gasteiger partial charge on any atom is 0.0488 e. The molecule has 0 saturated heterocycles. The van der Waals surface area contributed by atoms with Crippen molar-refractivity contribution in [3.05, 3.63) is 33.6 Å². The first-order valence-corrected chi connectivity index (χ1v) is 7.84. The number of nitrogens with one attached hydrogen (secondary N) is 1. The molecule has 0 fully saturated rings. The van der Waals surface area contributed by atoms with E-state index in [9.17, 15) is 0 Å². The van der Waals surface area contributed by atoms with Gasteiger partial charge >= 0.3 is 0 Å². The topological polar surface area (TPSA) is 12.0 Å². The quantitative estimate of drug-likeness (QED) is 0.808. The van der Waals surface area contributed by atoms with Crippen molar-refractivity contribution in [2.75, 3.05) is 6.54 Å². The van der Waals surface area contributed by atoms with Crippen molar-refractivity contribution >= 4 is 37.4 Å². The van der Waals surface area contributed by atoms with Crippen LogP contribution in [-0.4, -0.2) is 6.54 Å². The second-order valence-electron chi connectivity index (χ2n) is 4.21. The van der Waals surface area contributed by atoms with Gasteiger partial charge in [0.25, 0.3) is 0 Å². The zero-order valence-corrected chi connectivity index (χ0v) is 12.7. The molecule has 0 bridgehead atoms. The Balaban J connectivity index is 2.42. The van der Waals surface area contributed by atoms with Crippen LogP contribution in [0.15, 0.2) is 28.1 Å². The van der Waals surface area contributed by atoms with Crippen LogP contribution < -0.4 is 5.32 Å². The van der Waals surface area contributed by atoms with Gasteiger partial charge in [0.05, 0.1) is 0 Å². The molecule has 0 amide bonds. The summed E-state index contributed by atoms with van der Waals surface area (Å²) in [5.74, 6) is 0. The van der Waals surface area contributed by atoms with Crippen molar-refractivity contribution < 1.29 is 0 Å². The largest absolute Gasteiger partial charge is 0.310 e. The summed E-state index contributed by atoms with van der Waals surface area (Å²) in [5.41, 5.74) is 1.45. The molecular formula is C14H18BrNS. The molecule has 1 heterocycles. The lowest BCUT2D eigenvalue weighted by atomic mass is 10.0. The summed E-state index contributed by atoms with van der Waals surface area (Å²) in [6.07, 6.45) is 2.41. The number of thiophene rings is 1. The molecule has 17 heavy (non-hydrogen) atoms. The second-order valence-corrected chi connectivity index (χ2v) is 5.94. The Hall–Kier alpha value is -0.380.